The number of methoxy groups -OCH3 is 1. The van der Waals surface area contributed by atoms with Crippen molar-refractivity contribution in [3.63, 3.8) is 0 Å². The molecule has 1 aliphatic rings. The maximum Gasteiger partial charge on any atom is 0.173 e. The number of ether oxygens (including phenoxy) is 1. The summed E-state index contributed by atoms with van der Waals surface area (Å²) in [6, 6.07) is 5.85. The van der Waals surface area contributed by atoms with Crippen LogP contribution >= 0.6 is 0 Å². The average molecular weight is 291 g/mol. The molecule has 116 valence electrons. The van der Waals surface area contributed by atoms with Gasteiger partial charge in [-0.25, -0.2) is 0 Å². The van der Waals surface area contributed by atoms with Gasteiger partial charge < -0.3 is 15.7 Å². The Morgan fingerprint density at radius 2 is 2.19 bits per heavy atom. The molecule has 2 unspecified atom stereocenters. The van der Waals surface area contributed by atoms with Gasteiger partial charge >= 0.3 is 0 Å². The van der Waals surface area contributed by atoms with Gasteiger partial charge in [0.1, 0.15) is 5.75 Å². The number of likely N-dealkylation sites (tertiary alicyclic amines) is 1. The number of rotatable bonds is 4. The van der Waals surface area contributed by atoms with Crippen molar-refractivity contribution in [1.29, 1.82) is 0 Å². The number of amidine groups is 1. The molecule has 1 fully saturated rings. The number of hydrogen-bond acceptors (Lipinski definition) is 4. The van der Waals surface area contributed by atoms with E-state index >= 15 is 0 Å². The van der Waals surface area contributed by atoms with Crippen LogP contribution in [-0.2, 0) is 6.54 Å². The van der Waals surface area contributed by atoms with Crippen LogP contribution in [0.3, 0.4) is 0 Å². The number of oxime groups is 1. The molecule has 2 rings (SSSR count). The van der Waals surface area contributed by atoms with Gasteiger partial charge in [0.25, 0.3) is 0 Å². The van der Waals surface area contributed by atoms with Crippen LogP contribution in [0.25, 0.3) is 0 Å². The van der Waals surface area contributed by atoms with E-state index < -0.39 is 0 Å². The van der Waals surface area contributed by atoms with Gasteiger partial charge in [0.05, 0.1) is 12.7 Å². The molecule has 5 nitrogen and oxygen atoms in total. The van der Waals surface area contributed by atoms with E-state index in [1.807, 2.05) is 18.2 Å². The third kappa shape index (κ3) is 3.67. The van der Waals surface area contributed by atoms with Crippen LogP contribution in [-0.4, -0.2) is 36.1 Å². The summed E-state index contributed by atoms with van der Waals surface area (Å²) in [6.45, 7) is 7.76. The predicted molar refractivity (Wildman–Crippen MR) is 83.7 cm³/mol. The lowest BCUT2D eigenvalue weighted by Crippen LogP contribution is -2.37. The van der Waals surface area contributed by atoms with Crippen molar-refractivity contribution in [3.05, 3.63) is 29.3 Å². The van der Waals surface area contributed by atoms with Crippen LogP contribution in [0.4, 0.5) is 0 Å². The van der Waals surface area contributed by atoms with Gasteiger partial charge in [-0.15, -0.1) is 0 Å². The Morgan fingerprint density at radius 1 is 1.43 bits per heavy atom. The number of nitrogens with two attached hydrogens (primary N) is 1. The molecule has 1 aliphatic heterocycles. The lowest BCUT2D eigenvalue weighted by Gasteiger charge is -2.35. The van der Waals surface area contributed by atoms with Crippen LogP contribution in [0.15, 0.2) is 23.4 Å². The number of hydrogen-bond donors (Lipinski definition) is 2. The molecule has 21 heavy (non-hydrogen) atoms. The Bertz CT molecular complexity index is 516. The molecular weight excluding hydrogens is 266 g/mol. The van der Waals surface area contributed by atoms with E-state index in [1.165, 1.54) is 6.42 Å². The molecular formula is C16H25N3O2. The zero-order chi connectivity index (χ0) is 15.4. The fraction of sp³-hybridized carbons (Fsp3) is 0.562. The summed E-state index contributed by atoms with van der Waals surface area (Å²) in [5, 5.41) is 12.0. The maximum absolute atomic E-state index is 8.88. The average Bonchev–Trinajstić information content (AvgIpc) is 2.50. The van der Waals surface area contributed by atoms with E-state index in [9.17, 15) is 0 Å². The monoisotopic (exact) mass is 291 g/mol. The second kappa shape index (κ2) is 6.80. The summed E-state index contributed by atoms with van der Waals surface area (Å²) in [7, 11) is 1.58. The summed E-state index contributed by atoms with van der Waals surface area (Å²) in [4.78, 5) is 2.46. The Balaban J connectivity index is 2.14. The van der Waals surface area contributed by atoms with Gasteiger partial charge in [-0.3, -0.25) is 4.90 Å². The first kappa shape index (κ1) is 15.6. The molecule has 1 saturated heterocycles. The second-order valence-corrected chi connectivity index (χ2v) is 6.00. The molecule has 0 spiro atoms. The standard InChI is InChI=1S/C16H25N3O2/c1-11-6-7-19(9-12(11)2)10-13-4-5-15(21-3)14(8-13)16(17)18-20/h4-5,8,11-12,20H,6-7,9-10H2,1-3H3,(H2,17,18). The smallest absolute Gasteiger partial charge is 0.173 e. The summed E-state index contributed by atoms with van der Waals surface area (Å²) in [6.07, 6.45) is 1.24. The summed E-state index contributed by atoms with van der Waals surface area (Å²) in [5.41, 5.74) is 7.51. The van der Waals surface area contributed by atoms with Crippen LogP contribution in [0, 0.1) is 11.8 Å². The molecule has 0 radical (unpaired) electrons. The van der Waals surface area contributed by atoms with E-state index in [0.29, 0.717) is 11.3 Å². The van der Waals surface area contributed by atoms with Crippen molar-refractivity contribution in [3.8, 4) is 5.75 Å². The normalized spacial score (nSPS) is 24.0. The zero-order valence-electron chi connectivity index (χ0n) is 13.0. The van der Waals surface area contributed by atoms with Gasteiger partial charge in [-0.1, -0.05) is 25.1 Å². The fourth-order valence-electron chi connectivity index (χ4n) is 2.86. The Labute approximate surface area is 126 Å². The third-order valence-corrected chi connectivity index (χ3v) is 4.47. The van der Waals surface area contributed by atoms with Crippen molar-refractivity contribution in [1.82, 2.24) is 4.90 Å². The summed E-state index contributed by atoms with van der Waals surface area (Å²) < 4.78 is 5.26. The molecule has 0 aromatic heterocycles. The quantitative estimate of drug-likeness (QED) is 0.386. The molecule has 0 aliphatic carbocycles. The van der Waals surface area contributed by atoms with E-state index in [0.717, 1.165) is 37.0 Å². The van der Waals surface area contributed by atoms with Crippen LogP contribution < -0.4 is 10.5 Å². The third-order valence-electron chi connectivity index (χ3n) is 4.47. The number of nitrogens with zero attached hydrogens (tertiary/aromatic N) is 2. The van der Waals surface area contributed by atoms with Crippen molar-refractivity contribution in [2.45, 2.75) is 26.8 Å². The lowest BCUT2D eigenvalue weighted by atomic mass is 9.88. The number of benzene rings is 1. The van der Waals surface area contributed by atoms with Gasteiger partial charge in [0.2, 0.25) is 0 Å². The highest BCUT2D eigenvalue weighted by atomic mass is 16.5. The summed E-state index contributed by atoms with van der Waals surface area (Å²) >= 11 is 0. The molecule has 2 atom stereocenters. The zero-order valence-corrected chi connectivity index (χ0v) is 13.0. The van der Waals surface area contributed by atoms with Crippen molar-refractivity contribution in [2.24, 2.45) is 22.7 Å². The predicted octanol–water partition coefficient (Wildman–Crippen LogP) is 2.27. The van der Waals surface area contributed by atoms with E-state index in [1.54, 1.807) is 7.11 Å². The second-order valence-electron chi connectivity index (χ2n) is 6.00. The van der Waals surface area contributed by atoms with Crippen molar-refractivity contribution >= 4 is 5.84 Å². The highest BCUT2D eigenvalue weighted by Gasteiger charge is 2.22. The molecule has 3 N–H and O–H groups in total. The van der Waals surface area contributed by atoms with Gasteiger partial charge in [-0.05, 0) is 42.5 Å². The largest absolute Gasteiger partial charge is 0.496 e. The minimum Gasteiger partial charge on any atom is -0.496 e. The Kier molecular flexibility index (Phi) is 5.07. The lowest BCUT2D eigenvalue weighted by molar-refractivity contribution is 0.132. The molecule has 0 amide bonds. The first-order valence-corrected chi connectivity index (χ1v) is 7.42. The van der Waals surface area contributed by atoms with Gasteiger partial charge in [0.15, 0.2) is 5.84 Å². The minimum atomic E-state index is 0.0781. The SMILES string of the molecule is COc1ccc(CN2CCC(C)C(C)C2)cc1/C(N)=N/O. The van der Waals surface area contributed by atoms with E-state index in [-0.39, 0.29) is 5.84 Å². The minimum absolute atomic E-state index is 0.0781. The Hall–Kier alpha value is -1.75. The van der Waals surface area contributed by atoms with Gasteiger partial charge in [-0.2, -0.15) is 0 Å². The van der Waals surface area contributed by atoms with Gasteiger partial charge in [0, 0.05) is 13.1 Å². The first-order valence-electron chi connectivity index (χ1n) is 7.42. The van der Waals surface area contributed by atoms with Crippen LogP contribution in [0.5, 0.6) is 5.75 Å². The van der Waals surface area contributed by atoms with Crippen molar-refractivity contribution in [2.75, 3.05) is 20.2 Å². The molecule has 0 bridgehead atoms. The van der Waals surface area contributed by atoms with Crippen LogP contribution in [0.2, 0.25) is 0 Å². The molecule has 1 aromatic carbocycles. The molecule has 1 aromatic rings. The van der Waals surface area contributed by atoms with E-state index in [4.69, 9.17) is 15.7 Å². The van der Waals surface area contributed by atoms with Crippen molar-refractivity contribution < 1.29 is 9.94 Å². The Morgan fingerprint density at radius 3 is 2.81 bits per heavy atom. The first-order chi connectivity index (χ1) is 10.0. The maximum atomic E-state index is 8.88. The van der Waals surface area contributed by atoms with Crippen LogP contribution in [0.1, 0.15) is 31.4 Å². The number of piperidine rings is 1. The summed E-state index contributed by atoms with van der Waals surface area (Å²) in [5.74, 6) is 2.22. The molecule has 1 heterocycles. The highest BCUT2D eigenvalue weighted by molar-refractivity contribution is 5.99. The van der Waals surface area contributed by atoms with E-state index in [2.05, 4.69) is 23.9 Å². The highest BCUT2D eigenvalue weighted by Crippen LogP contribution is 2.25. The topological polar surface area (TPSA) is 71.1 Å². The molecule has 5 heteroatoms. The fourth-order valence-corrected chi connectivity index (χ4v) is 2.86. The molecule has 0 saturated carbocycles.